The molecule has 0 fully saturated rings. The summed E-state index contributed by atoms with van der Waals surface area (Å²) in [7, 11) is 0. The Hall–Kier alpha value is -5.30. The van der Waals surface area contributed by atoms with Gasteiger partial charge in [-0.15, -0.1) is 0 Å². The first kappa shape index (κ1) is 37.5. The molecule has 4 N–H and O–H groups in total. The van der Waals surface area contributed by atoms with Gasteiger partial charge in [-0.25, -0.2) is 19.5 Å². The first-order valence-electron chi connectivity index (χ1n) is 16.5. The van der Waals surface area contributed by atoms with E-state index in [9.17, 15) is 19.2 Å². The van der Waals surface area contributed by atoms with Gasteiger partial charge in [0.05, 0.1) is 23.4 Å². The molecule has 0 saturated heterocycles. The first-order chi connectivity index (χ1) is 23.6. The summed E-state index contributed by atoms with van der Waals surface area (Å²) in [5, 5.41) is 6.26. The summed E-state index contributed by atoms with van der Waals surface area (Å²) in [5.74, 6) is -1.33. The number of carbonyl (C=O) groups is 4. The molecule has 2 aromatic heterocycles. The normalized spacial score (nSPS) is 12.9. The van der Waals surface area contributed by atoms with E-state index in [1.54, 1.807) is 47.6 Å². The number of nitrogens with zero attached hydrogens (tertiary/aromatic N) is 3. The molecule has 4 amide bonds. The number of aromatic nitrogens is 2. The van der Waals surface area contributed by atoms with Crippen LogP contribution >= 0.6 is 0 Å². The number of benzene rings is 2. The number of oxazole rings is 1. The Kier molecular flexibility index (Phi) is 12.3. The number of nitrogens with two attached hydrogens (primary N) is 1. The molecule has 0 saturated carbocycles. The third-order valence-corrected chi connectivity index (χ3v) is 7.25. The molecule has 0 bridgehead atoms. The van der Waals surface area contributed by atoms with Crippen LogP contribution in [0, 0.1) is 0 Å². The van der Waals surface area contributed by atoms with E-state index < -0.39 is 47.3 Å². The number of pyridine rings is 1. The molecule has 2 heterocycles. The van der Waals surface area contributed by atoms with E-state index in [1.807, 2.05) is 54.6 Å². The van der Waals surface area contributed by atoms with Crippen LogP contribution in [0.15, 0.2) is 77.5 Å². The van der Waals surface area contributed by atoms with Crippen LogP contribution in [0.25, 0.3) is 10.9 Å². The molecule has 0 aliphatic heterocycles. The van der Waals surface area contributed by atoms with Crippen molar-refractivity contribution in [3.8, 4) is 0 Å². The fourth-order valence-corrected chi connectivity index (χ4v) is 5.00. The summed E-state index contributed by atoms with van der Waals surface area (Å²) >= 11 is 0. The van der Waals surface area contributed by atoms with Gasteiger partial charge in [-0.2, -0.15) is 0 Å². The predicted molar refractivity (Wildman–Crippen MR) is 188 cm³/mol. The van der Waals surface area contributed by atoms with Gasteiger partial charge in [-0.1, -0.05) is 48.5 Å². The molecule has 0 unspecified atom stereocenters. The number of hydrogen-bond acceptors (Lipinski definition) is 10. The topological polar surface area (TPSA) is 179 Å². The predicted octanol–water partition coefficient (Wildman–Crippen LogP) is 6.54. The zero-order chi connectivity index (χ0) is 36.5. The van der Waals surface area contributed by atoms with Gasteiger partial charge in [-0.05, 0) is 84.9 Å². The molecule has 266 valence electrons. The van der Waals surface area contributed by atoms with E-state index in [0.29, 0.717) is 18.5 Å². The highest BCUT2D eigenvalue weighted by Crippen LogP contribution is 2.29. The van der Waals surface area contributed by atoms with E-state index in [4.69, 9.17) is 19.6 Å². The monoisotopic (exact) mass is 686 g/mol. The van der Waals surface area contributed by atoms with Gasteiger partial charge in [0.25, 0.3) is 5.91 Å². The van der Waals surface area contributed by atoms with E-state index in [2.05, 4.69) is 20.6 Å². The quantitative estimate of drug-likeness (QED) is 0.139. The van der Waals surface area contributed by atoms with Crippen molar-refractivity contribution in [1.29, 1.82) is 0 Å². The summed E-state index contributed by atoms with van der Waals surface area (Å²) < 4.78 is 16.7. The van der Waals surface area contributed by atoms with Crippen LogP contribution < -0.4 is 16.4 Å². The molecule has 0 aliphatic rings. The van der Waals surface area contributed by atoms with Gasteiger partial charge in [0.2, 0.25) is 11.8 Å². The number of rotatable bonds is 12. The number of ether oxygens (including phenoxy) is 2. The second kappa shape index (κ2) is 16.4. The van der Waals surface area contributed by atoms with Crippen LogP contribution in [0.3, 0.4) is 0 Å². The van der Waals surface area contributed by atoms with Gasteiger partial charge < -0.3 is 30.3 Å². The van der Waals surface area contributed by atoms with Crippen molar-refractivity contribution in [2.75, 3.05) is 11.9 Å². The van der Waals surface area contributed by atoms with Crippen LogP contribution in [-0.2, 0) is 20.7 Å². The Bertz CT molecular complexity index is 1780. The van der Waals surface area contributed by atoms with Crippen LogP contribution in [-0.4, -0.2) is 62.7 Å². The average Bonchev–Trinajstić information content (AvgIpc) is 3.54. The summed E-state index contributed by atoms with van der Waals surface area (Å²) in [6, 6.07) is 16.6. The lowest BCUT2D eigenvalue weighted by Crippen LogP contribution is -2.50. The fraction of sp³-hybridized carbons (Fsp3) is 0.405. The SMILES string of the molecule is CC(C)(C)OC(=O)NCCC[C@@H](N)C(=O)N(C(=O)OC(C)(C)C)[C@H](CCc1ccccc1)c1nc(C(=O)Nc2cnc3ccccc3c2)co1. The van der Waals surface area contributed by atoms with Crippen molar-refractivity contribution in [3.05, 3.63) is 90.3 Å². The Morgan fingerprint density at radius 2 is 1.60 bits per heavy atom. The van der Waals surface area contributed by atoms with Crippen molar-refractivity contribution in [1.82, 2.24) is 20.2 Å². The molecule has 0 spiro atoms. The first-order valence-corrected chi connectivity index (χ1v) is 16.5. The zero-order valence-corrected chi connectivity index (χ0v) is 29.4. The molecule has 13 heteroatoms. The molecule has 2 atom stereocenters. The molecule has 13 nitrogen and oxygen atoms in total. The molecule has 0 radical (unpaired) electrons. The van der Waals surface area contributed by atoms with Gasteiger partial charge in [0.1, 0.15) is 23.5 Å². The van der Waals surface area contributed by atoms with Crippen LogP contribution in [0.1, 0.15) is 88.8 Å². The average molecular weight is 687 g/mol. The van der Waals surface area contributed by atoms with E-state index in [-0.39, 0.29) is 31.0 Å². The van der Waals surface area contributed by atoms with Crippen molar-refractivity contribution in [2.24, 2.45) is 5.73 Å². The number of hydrogen-bond donors (Lipinski definition) is 3. The number of carbonyl (C=O) groups excluding carboxylic acids is 4. The van der Waals surface area contributed by atoms with Crippen molar-refractivity contribution >= 4 is 40.6 Å². The number of alkyl carbamates (subject to hydrolysis) is 1. The summed E-state index contributed by atoms with van der Waals surface area (Å²) in [4.78, 5) is 62.9. The molecule has 2 aromatic carbocycles. The number of nitrogens with one attached hydrogen (secondary N) is 2. The highest BCUT2D eigenvalue weighted by Gasteiger charge is 2.39. The maximum absolute atomic E-state index is 14.0. The van der Waals surface area contributed by atoms with Crippen LogP contribution in [0.4, 0.5) is 15.3 Å². The number of aryl methyl sites for hydroxylation is 1. The third kappa shape index (κ3) is 11.1. The molecular weight excluding hydrogens is 640 g/mol. The van der Waals surface area contributed by atoms with E-state index in [0.717, 1.165) is 21.4 Å². The smallest absolute Gasteiger partial charge is 0.417 e. The molecule has 50 heavy (non-hydrogen) atoms. The van der Waals surface area contributed by atoms with Crippen molar-refractivity contribution in [2.45, 2.75) is 90.5 Å². The standard InChI is InChI=1S/C37H46N6O7/c1-36(2,3)49-34(46)39-20-12-16-27(38)33(45)43(35(47)50-37(4,5)6)30(19-18-24-13-8-7-9-14-24)32-42-29(23-48-32)31(44)41-26-21-25-15-10-11-17-28(25)40-22-26/h7-11,13-15,17,21-23,27,30H,12,16,18-20,38H2,1-6H3,(H,39,46)(H,41,44)/t27-,30-/m1/s1. The number of para-hydroxylation sites is 1. The van der Waals surface area contributed by atoms with Gasteiger partial charge in [0, 0.05) is 11.9 Å². The second-order valence-corrected chi connectivity index (χ2v) is 13.8. The lowest BCUT2D eigenvalue weighted by atomic mass is 10.0. The minimum Gasteiger partial charge on any atom is -0.446 e. The maximum atomic E-state index is 14.0. The minimum absolute atomic E-state index is 0.0410. The lowest BCUT2D eigenvalue weighted by Gasteiger charge is -2.32. The highest BCUT2D eigenvalue weighted by molar-refractivity contribution is 6.03. The number of amides is 4. The Morgan fingerprint density at radius 1 is 0.920 bits per heavy atom. The van der Waals surface area contributed by atoms with Crippen LogP contribution in [0.2, 0.25) is 0 Å². The zero-order valence-electron chi connectivity index (χ0n) is 29.4. The van der Waals surface area contributed by atoms with Crippen molar-refractivity contribution in [3.63, 3.8) is 0 Å². The van der Waals surface area contributed by atoms with Gasteiger partial charge in [0.15, 0.2) is 5.69 Å². The molecule has 4 aromatic rings. The summed E-state index contributed by atoms with van der Waals surface area (Å²) in [6.45, 7) is 10.5. The van der Waals surface area contributed by atoms with Gasteiger partial charge >= 0.3 is 12.2 Å². The molecule has 4 rings (SSSR count). The third-order valence-electron chi connectivity index (χ3n) is 7.25. The van der Waals surface area contributed by atoms with Crippen LogP contribution in [0.5, 0.6) is 0 Å². The molecule has 0 aliphatic carbocycles. The summed E-state index contributed by atoms with van der Waals surface area (Å²) in [5.41, 5.74) is 6.88. The largest absolute Gasteiger partial charge is 0.446 e. The van der Waals surface area contributed by atoms with Gasteiger partial charge in [-0.3, -0.25) is 14.6 Å². The highest BCUT2D eigenvalue weighted by atomic mass is 16.6. The Morgan fingerprint density at radius 3 is 2.30 bits per heavy atom. The van der Waals surface area contributed by atoms with Crippen molar-refractivity contribution < 1.29 is 33.1 Å². The Balaban J connectivity index is 1.58. The Labute approximate surface area is 291 Å². The number of imide groups is 1. The number of anilines is 1. The number of fused-ring (bicyclic) bond motifs is 1. The lowest BCUT2D eigenvalue weighted by molar-refractivity contribution is -0.134. The fourth-order valence-electron chi connectivity index (χ4n) is 5.00. The maximum Gasteiger partial charge on any atom is 0.417 e. The minimum atomic E-state index is -1.14. The summed E-state index contributed by atoms with van der Waals surface area (Å²) in [6.07, 6.45) is 2.28. The molecular formula is C37H46N6O7. The van der Waals surface area contributed by atoms with E-state index >= 15 is 0 Å². The second-order valence-electron chi connectivity index (χ2n) is 13.8. The van der Waals surface area contributed by atoms with E-state index in [1.165, 1.54) is 12.5 Å².